The van der Waals surface area contributed by atoms with Gasteiger partial charge < -0.3 is 19.9 Å². The van der Waals surface area contributed by atoms with Crippen molar-refractivity contribution in [3.8, 4) is 39.5 Å². The normalized spacial score (nSPS) is 13.7. The van der Waals surface area contributed by atoms with Crippen molar-refractivity contribution in [3.63, 3.8) is 0 Å². The number of benzene rings is 1. The molecule has 11 nitrogen and oxygen atoms in total. The van der Waals surface area contributed by atoms with Gasteiger partial charge in [-0.3, -0.25) is 24.8 Å². The Hall–Kier alpha value is -5.20. The number of hydrogen-bond acceptors (Lipinski definition) is 8. The van der Waals surface area contributed by atoms with Gasteiger partial charge in [-0.2, -0.15) is 5.10 Å². The number of carbonyl (C=O) groups is 1. The van der Waals surface area contributed by atoms with Gasteiger partial charge >= 0.3 is 0 Å². The standard InChI is InChI=1S/C34H34FN9O2/c1-43(2)20-32(45)38-24-12-22(16-36-17-24)28-5-6-29-33(40-28)34(42-41-29)30-15-26-27(18-37-19-31(26)39-30)21-11-23(35)14-25(13-21)46-10-9-44-7-3-4-8-44/h5-6,11-19,39H,3-4,7-10,20H2,1-2H3,(H,38,45)(H,41,42). The van der Waals surface area contributed by atoms with Gasteiger partial charge in [-0.1, -0.05) is 0 Å². The first-order valence-electron chi connectivity index (χ1n) is 15.3. The average Bonchev–Trinajstić information content (AvgIpc) is 3.80. The van der Waals surface area contributed by atoms with Crippen molar-refractivity contribution in [3.05, 3.63) is 73.1 Å². The smallest absolute Gasteiger partial charge is 0.238 e. The number of aromatic nitrogens is 6. The van der Waals surface area contributed by atoms with E-state index in [1.165, 1.54) is 25.0 Å². The molecule has 46 heavy (non-hydrogen) atoms. The lowest BCUT2D eigenvalue weighted by atomic mass is 10.0. The second-order valence-corrected chi connectivity index (χ2v) is 11.8. The second-order valence-electron chi connectivity index (χ2n) is 11.8. The Morgan fingerprint density at radius 1 is 1.00 bits per heavy atom. The van der Waals surface area contributed by atoms with E-state index in [0.717, 1.165) is 52.9 Å². The number of likely N-dealkylation sites (tertiary alicyclic amines) is 1. The van der Waals surface area contributed by atoms with Crippen LogP contribution in [0.25, 0.3) is 55.7 Å². The average molecular weight is 620 g/mol. The van der Waals surface area contributed by atoms with Crippen molar-refractivity contribution >= 4 is 33.5 Å². The molecule has 12 heteroatoms. The number of hydrogen-bond donors (Lipinski definition) is 3. The molecule has 0 unspecified atom stereocenters. The van der Waals surface area contributed by atoms with Crippen molar-refractivity contribution in [2.75, 3.05) is 52.2 Å². The molecule has 234 valence electrons. The number of ether oxygens (including phenoxy) is 1. The van der Waals surface area contributed by atoms with Gasteiger partial charge in [0.05, 0.1) is 47.0 Å². The maximum Gasteiger partial charge on any atom is 0.238 e. The van der Waals surface area contributed by atoms with Crippen LogP contribution in [0.15, 0.2) is 67.3 Å². The molecule has 1 aliphatic rings. The summed E-state index contributed by atoms with van der Waals surface area (Å²) < 4.78 is 20.8. The molecule has 0 saturated carbocycles. The quantitative estimate of drug-likeness (QED) is 0.187. The summed E-state index contributed by atoms with van der Waals surface area (Å²) in [5.41, 5.74) is 7.06. The SMILES string of the molecule is CN(C)CC(=O)Nc1cncc(-c2ccc3[nH]nc(-c4cc5c(-c6cc(F)cc(OCCN7CCCC7)c6)cncc5[nH]4)c3n2)c1. The molecule has 0 spiro atoms. The van der Waals surface area contributed by atoms with Crippen molar-refractivity contribution in [2.24, 2.45) is 0 Å². The van der Waals surface area contributed by atoms with E-state index in [9.17, 15) is 9.18 Å². The molecule has 6 heterocycles. The van der Waals surface area contributed by atoms with E-state index < -0.39 is 0 Å². The number of fused-ring (bicyclic) bond motifs is 2. The number of amides is 1. The highest BCUT2D eigenvalue weighted by Crippen LogP contribution is 2.35. The first kappa shape index (κ1) is 29.5. The van der Waals surface area contributed by atoms with Gasteiger partial charge in [0.25, 0.3) is 0 Å². The Kier molecular flexibility index (Phi) is 8.12. The molecule has 3 N–H and O–H groups in total. The number of anilines is 1. The van der Waals surface area contributed by atoms with Crippen LogP contribution in [0.2, 0.25) is 0 Å². The fourth-order valence-corrected chi connectivity index (χ4v) is 5.89. The second kappa shape index (κ2) is 12.7. The number of H-pyrrole nitrogens is 2. The molecular formula is C34H34FN9O2. The summed E-state index contributed by atoms with van der Waals surface area (Å²) in [4.78, 5) is 33.5. The minimum atomic E-state index is -0.368. The van der Waals surface area contributed by atoms with Crippen LogP contribution >= 0.6 is 0 Å². The highest BCUT2D eigenvalue weighted by atomic mass is 19.1. The number of aromatic amines is 2. The molecule has 1 fully saturated rings. The Balaban J connectivity index is 1.18. The van der Waals surface area contributed by atoms with E-state index in [1.54, 1.807) is 29.7 Å². The zero-order valence-corrected chi connectivity index (χ0v) is 25.7. The van der Waals surface area contributed by atoms with Crippen LogP contribution in [0, 0.1) is 5.82 Å². The summed E-state index contributed by atoms with van der Waals surface area (Å²) in [7, 11) is 3.68. The minimum Gasteiger partial charge on any atom is -0.492 e. The molecule has 5 aromatic heterocycles. The molecule has 1 saturated heterocycles. The number of carbonyl (C=O) groups excluding carboxylic acids is 1. The van der Waals surface area contributed by atoms with E-state index in [4.69, 9.17) is 9.72 Å². The van der Waals surface area contributed by atoms with Gasteiger partial charge in [0.15, 0.2) is 0 Å². The monoisotopic (exact) mass is 619 g/mol. The molecule has 7 rings (SSSR count). The topological polar surface area (TPSA) is 128 Å². The lowest BCUT2D eigenvalue weighted by molar-refractivity contribution is -0.116. The summed E-state index contributed by atoms with van der Waals surface area (Å²) in [6, 6.07) is 12.4. The third-order valence-corrected chi connectivity index (χ3v) is 8.04. The number of halogens is 1. The number of rotatable bonds is 10. The lowest BCUT2D eigenvalue weighted by Crippen LogP contribution is -2.27. The molecule has 0 atom stereocenters. The Morgan fingerprint density at radius 3 is 2.70 bits per heavy atom. The maximum absolute atomic E-state index is 14.8. The summed E-state index contributed by atoms with van der Waals surface area (Å²) in [6.07, 6.45) is 9.23. The van der Waals surface area contributed by atoms with Crippen LogP contribution in [0.4, 0.5) is 10.1 Å². The third-order valence-electron chi connectivity index (χ3n) is 8.04. The van der Waals surface area contributed by atoms with Crippen LogP contribution in [-0.2, 0) is 4.79 Å². The molecule has 1 aliphatic heterocycles. The Bertz CT molecular complexity index is 2030. The highest BCUT2D eigenvalue weighted by molar-refractivity contribution is 6.00. The van der Waals surface area contributed by atoms with Crippen molar-refractivity contribution in [1.29, 1.82) is 0 Å². The first-order valence-corrected chi connectivity index (χ1v) is 15.3. The zero-order valence-electron chi connectivity index (χ0n) is 25.7. The number of nitrogens with zero attached hydrogens (tertiary/aromatic N) is 6. The summed E-state index contributed by atoms with van der Waals surface area (Å²) in [6.45, 7) is 3.77. The molecule has 0 bridgehead atoms. The van der Waals surface area contributed by atoms with Gasteiger partial charge in [-0.05, 0) is 82.0 Å². The van der Waals surface area contributed by atoms with Gasteiger partial charge in [-0.25, -0.2) is 9.37 Å². The summed E-state index contributed by atoms with van der Waals surface area (Å²) >= 11 is 0. The van der Waals surface area contributed by atoms with Crippen LogP contribution in [0.3, 0.4) is 0 Å². The maximum atomic E-state index is 14.8. The first-order chi connectivity index (χ1) is 22.4. The largest absolute Gasteiger partial charge is 0.492 e. The van der Waals surface area contributed by atoms with Crippen LogP contribution in [0.1, 0.15) is 12.8 Å². The summed E-state index contributed by atoms with van der Waals surface area (Å²) in [5.74, 6) is -0.00300. The van der Waals surface area contributed by atoms with Crippen molar-refractivity contribution < 1.29 is 13.9 Å². The highest BCUT2D eigenvalue weighted by Gasteiger charge is 2.17. The predicted molar refractivity (Wildman–Crippen MR) is 176 cm³/mol. The van der Waals surface area contributed by atoms with Crippen LogP contribution in [0.5, 0.6) is 5.75 Å². The van der Waals surface area contributed by atoms with Crippen molar-refractivity contribution in [2.45, 2.75) is 12.8 Å². The molecule has 0 aliphatic carbocycles. The fourth-order valence-electron chi connectivity index (χ4n) is 5.89. The third kappa shape index (κ3) is 6.30. The Labute approximate surface area is 264 Å². The van der Waals surface area contributed by atoms with E-state index in [0.29, 0.717) is 40.5 Å². The van der Waals surface area contributed by atoms with E-state index in [1.807, 2.05) is 44.4 Å². The van der Waals surface area contributed by atoms with Gasteiger partial charge in [0.1, 0.15) is 29.4 Å². The van der Waals surface area contributed by atoms with E-state index >= 15 is 0 Å². The summed E-state index contributed by atoms with van der Waals surface area (Å²) in [5, 5.41) is 11.4. The van der Waals surface area contributed by atoms with Crippen LogP contribution < -0.4 is 10.1 Å². The predicted octanol–water partition coefficient (Wildman–Crippen LogP) is 5.34. The molecule has 1 amide bonds. The van der Waals surface area contributed by atoms with Crippen molar-refractivity contribution in [1.82, 2.24) is 39.9 Å². The fraction of sp³-hybridized carbons (Fsp3) is 0.265. The van der Waals surface area contributed by atoms with Gasteiger partial charge in [0, 0.05) is 41.5 Å². The number of nitrogens with one attached hydrogen (secondary N) is 3. The number of likely N-dealkylation sites (N-methyl/N-ethyl adjacent to an activating group) is 1. The molecule has 0 radical (unpaired) electrons. The van der Waals surface area contributed by atoms with Gasteiger partial charge in [-0.15, -0.1) is 0 Å². The van der Waals surface area contributed by atoms with E-state index in [-0.39, 0.29) is 18.3 Å². The lowest BCUT2D eigenvalue weighted by Gasteiger charge is -2.15. The molecule has 1 aromatic carbocycles. The van der Waals surface area contributed by atoms with Gasteiger partial charge in [0.2, 0.25) is 5.91 Å². The minimum absolute atomic E-state index is 0.128. The molecule has 6 aromatic rings. The molecular weight excluding hydrogens is 585 g/mol. The van der Waals surface area contributed by atoms with Crippen LogP contribution in [-0.4, -0.2) is 92.7 Å². The Morgan fingerprint density at radius 2 is 1.85 bits per heavy atom. The zero-order chi connectivity index (χ0) is 31.6. The van der Waals surface area contributed by atoms with E-state index in [2.05, 4.69) is 35.4 Å². The number of pyridine rings is 3.